The van der Waals surface area contributed by atoms with E-state index >= 15 is 0 Å². The molecule has 0 heterocycles. The second kappa shape index (κ2) is 10.2. The quantitative estimate of drug-likeness (QED) is 0.682. The summed E-state index contributed by atoms with van der Waals surface area (Å²) in [5, 5.41) is 2.72. The summed E-state index contributed by atoms with van der Waals surface area (Å²) in [6, 6.07) is 14.6. The number of carbonyl (C=O) groups is 2. The number of nitrogens with one attached hydrogen (secondary N) is 1. The molecule has 6 nitrogen and oxygen atoms in total. The average molecular weight is 371 g/mol. The largest absolute Gasteiger partial charge is 0.490 e. The Morgan fingerprint density at radius 1 is 0.963 bits per heavy atom. The van der Waals surface area contributed by atoms with Gasteiger partial charge in [-0.2, -0.15) is 0 Å². The maximum absolute atomic E-state index is 12.2. The number of hydrogen-bond donors (Lipinski definition) is 1. The highest BCUT2D eigenvalue weighted by molar-refractivity contribution is 5.95. The van der Waals surface area contributed by atoms with Crippen LogP contribution in [-0.4, -0.2) is 31.2 Å². The first-order valence-corrected chi connectivity index (χ1v) is 8.97. The van der Waals surface area contributed by atoms with Gasteiger partial charge in [-0.15, -0.1) is 0 Å². The van der Waals surface area contributed by atoms with Crippen LogP contribution < -0.4 is 14.8 Å². The molecule has 2 aromatic rings. The first kappa shape index (κ1) is 20.3. The van der Waals surface area contributed by atoms with Gasteiger partial charge < -0.3 is 19.5 Å². The maximum Gasteiger partial charge on any atom is 0.344 e. The molecule has 1 atom stereocenters. The third kappa shape index (κ3) is 6.33. The van der Waals surface area contributed by atoms with Crippen molar-refractivity contribution in [2.45, 2.75) is 33.3 Å². The van der Waals surface area contributed by atoms with Gasteiger partial charge in [0.15, 0.2) is 24.2 Å². The number of esters is 1. The molecule has 0 aromatic heterocycles. The molecule has 0 aliphatic carbocycles. The number of hydrogen-bond acceptors (Lipinski definition) is 5. The minimum absolute atomic E-state index is 0.313. The minimum Gasteiger partial charge on any atom is -0.490 e. The van der Waals surface area contributed by atoms with Crippen molar-refractivity contribution < 1.29 is 23.8 Å². The topological polar surface area (TPSA) is 73.9 Å². The number of rotatable bonds is 9. The Labute approximate surface area is 159 Å². The van der Waals surface area contributed by atoms with E-state index < -0.39 is 18.0 Å². The van der Waals surface area contributed by atoms with Crippen molar-refractivity contribution in [2.75, 3.05) is 18.5 Å². The second-order valence-corrected chi connectivity index (χ2v) is 5.84. The third-order valence-corrected chi connectivity index (χ3v) is 3.80. The number of benzene rings is 2. The fraction of sp³-hybridized carbons (Fsp3) is 0.333. The van der Waals surface area contributed by atoms with Crippen LogP contribution in [0.5, 0.6) is 11.5 Å². The normalized spacial score (nSPS) is 11.4. The van der Waals surface area contributed by atoms with Gasteiger partial charge in [0.05, 0.1) is 6.61 Å². The molecule has 0 spiro atoms. The molecule has 1 amide bonds. The van der Waals surface area contributed by atoms with Gasteiger partial charge >= 0.3 is 5.97 Å². The van der Waals surface area contributed by atoms with Crippen LogP contribution in [-0.2, 0) is 20.7 Å². The fourth-order valence-electron chi connectivity index (χ4n) is 2.33. The molecule has 1 N–H and O–H groups in total. The highest BCUT2D eigenvalue weighted by Crippen LogP contribution is 2.26. The van der Waals surface area contributed by atoms with Crippen molar-refractivity contribution >= 4 is 17.6 Å². The van der Waals surface area contributed by atoms with Crippen LogP contribution in [0.3, 0.4) is 0 Å². The van der Waals surface area contributed by atoms with Crippen molar-refractivity contribution in [3.8, 4) is 11.5 Å². The zero-order valence-corrected chi connectivity index (χ0v) is 15.9. The van der Waals surface area contributed by atoms with Crippen molar-refractivity contribution in [2.24, 2.45) is 0 Å². The SMILES string of the molecule is CCOc1ccccc1OCC(=O)O[C@@H](C)C(=O)Nc1ccc(CC)cc1. The van der Waals surface area contributed by atoms with Crippen molar-refractivity contribution in [3.05, 3.63) is 54.1 Å². The minimum atomic E-state index is -0.936. The van der Waals surface area contributed by atoms with E-state index in [0.29, 0.717) is 23.8 Å². The molecule has 2 rings (SSSR count). The molecule has 0 saturated carbocycles. The van der Waals surface area contributed by atoms with E-state index in [1.54, 1.807) is 18.2 Å². The predicted octanol–water partition coefficient (Wildman–Crippen LogP) is 3.60. The van der Waals surface area contributed by atoms with Gasteiger partial charge in [0, 0.05) is 5.69 Å². The summed E-state index contributed by atoms with van der Waals surface area (Å²) in [5.41, 5.74) is 1.83. The molecule has 144 valence electrons. The van der Waals surface area contributed by atoms with E-state index in [1.165, 1.54) is 12.5 Å². The molecule has 0 aliphatic rings. The Kier molecular flexibility index (Phi) is 7.67. The number of carbonyl (C=O) groups excluding carboxylic acids is 2. The Hall–Kier alpha value is -3.02. The maximum atomic E-state index is 12.2. The highest BCUT2D eigenvalue weighted by atomic mass is 16.6. The van der Waals surface area contributed by atoms with E-state index in [9.17, 15) is 9.59 Å². The molecule has 27 heavy (non-hydrogen) atoms. The third-order valence-electron chi connectivity index (χ3n) is 3.80. The lowest BCUT2D eigenvalue weighted by Gasteiger charge is -2.15. The van der Waals surface area contributed by atoms with E-state index in [0.717, 1.165) is 6.42 Å². The first-order valence-electron chi connectivity index (χ1n) is 8.97. The molecule has 0 radical (unpaired) electrons. The van der Waals surface area contributed by atoms with Crippen molar-refractivity contribution in [3.63, 3.8) is 0 Å². The molecular formula is C21H25NO5. The summed E-state index contributed by atoms with van der Waals surface area (Å²) in [4.78, 5) is 24.1. The molecule has 0 fully saturated rings. The molecule has 6 heteroatoms. The summed E-state index contributed by atoms with van der Waals surface area (Å²) in [5.74, 6) is -0.0360. The molecule has 0 unspecified atom stereocenters. The zero-order valence-electron chi connectivity index (χ0n) is 15.9. The van der Waals surface area contributed by atoms with Gasteiger partial charge in [-0.3, -0.25) is 4.79 Å². The Morgan fingerprint density at radius 3 is 2.19 bits per heavy atom. The van der Waals surface area contributed by atoms with Gasteiger partial charge in [0.2, 0.25) is 0 Å². The monoisotopic (exact) mass is 371 g/mol. The summed E-state index contributed by atoms with van der Waals surface area (Å²) >= 11 is 0. The van der Waals surface area contributed by atoms with Crippen LogP contribution in [0.1, 0.15) is 26.3 Å². The second-order valence-electron chi connectivity index (χ2n) is 5.84. The van der Waals surface area contributed by atoms with E-state index in [-0.39, 0.29) is 6.61 Å². The van der Waals surface area contributed by atoms with E-state index in [2.05, 4.69) is 12.2 Å². The van der Waals surface area contributed by atoms with E-state index in [4.69, 9.17) is 14.2 Å². The predicted molar refractivity (Wildman–Crippen MR) is 103 cm³/mol. The smallest absolute Gasteiger partial charge is 0.344 e. The Balaban J connectivity index is 1.83. The van der Waals surface area contributed by atoms with Crippen LogP contribution in [0.4, 0.5) is 5.69 Å². The number of ether oxygens (including phenoxy) is 3. The van der Waals surface area contributed by atoms with Crippen LogP contribution in [0.25, 0.3) is 0 Å². The lowest BCUT2D eigenvalue weighted by atomic mass is 10.1. The summed E-state index contributed by atoms with van der Waals surface area (Å²) in [6.45, 7) is 5.61. The van der Waals surface area contributed by atoms with E-state index in [1.807, 2.05) is 37.3 Å². The Bertz CT molecular complexity index is 757. The zero-order chi connectivity index (χ0) is 19.6. The van der Waals surface area contributed by atoms with Gasteiger partial charge in [0.25, 0.3) is 5.91 Å². The van der Waals surface area contributed by atoms with Crippen molar-refractivity contribution in [1.82, 2.24) is 0 Å². The number of aryl methyl sites for hydroxylation is 1. The highest BCUT2D eigenvalue weighted by Gasteiger charge is 2.18. The van der Waals surface area contributed by atoms with Gasteiger partial charge in [0.1, 0.15) is 0 Å². The summed E-state index contributed by atoms with van der Waals surface area (Å²) < 4.78 is 16.0. The summed E-state index contributed by atoms with van der Waals surface area (Å²) in [7, 11) is 0. The van der Waals surface area contributed by atoms with Gasteiger partial charge in [-0.25, -0.2) is 4.79 Å². The van der Waals surface area contributed by atoms with Gasteiger partial charge in [-0.1, -0.05) is 31.2 Å². The first-order chi connectivity index (χ1) is 13.0. The Morgan fingerprint density at radius 2 is 1.59 bits per heavy atom. The lowest BCUT2D eigenvalue weighted by molar-refractivity contribution is -0.155. The molecule has 0 saturated heterocycles. The molecule has 0 aliphatic heterocycles. The van der Waals surface area contributed by atoms with Crippen LogP contribution in [0.15, 0.2) is 48.5 Å². The van der Waals surface area contributed by atoms with Crippen LogP contribution in [0.2, 0.25) is 0 Å². The summed E-state index contributed by atoms with van der Waals surface area (Å²) in [6.07, 6.45) is -0.0108. The van der Waals surface area contributed by atoms with Crippen LogP contribution in [0, 0.1) is 0 Å². The number of anilines is 1. The van der Waals surface area contributed by atoms with Gasteiger partial charge in [-0.05, 0) is 50.1 Å². The number of para-hydroxylation sites is 2. The molecular weight excluding hydrogens is 346 g/mol. The lowest BCUT2D eigenvalue weighted by Crippen LogP contribution is -2.31. The standard InChI is InChI=1S/C21H25NO5/c1-4-16-10-12-17(13-11-16)22-21(24)15(3)27-20(23)14-26-19-9-7-6-8-18(19)25-5-2/h6-13,15H,4-5,14H2,1-3H3,(H,22,24)/t15-/m0/s1. The number of amides is 1. The van der Waals surface area contributed by atoms with Crippen molar-refractivity contribution in [1.29, 1.82) is 0 Å². The van der Waals surface area contributed by atoms with Crippen LogP contribution >= 0.6 is 0 Å². The average Bonchev–Trinajstić information content (AvgIpc) is 2.68. The molecule has 0 bridgehead atoms. The molecule has 2 aromatic carbocycles. The fourth-order valence-corrected chi connectivity index (χ4v) is 2.33.